The number of nitrogens with one attached hydrogen (secondary N) is 1. The number of halogens is 1. The van der Waals surface area contributed by atoms with Gasteiger partial charge in [0.05, 0.1) is 16.8 Å². The zero-order valence-corrected chi connectivity index (χ0v) is 13.7. The van der Waals surface area contributed by atoms with Crippen LogP contribution in [0.25, 0.3) is 0 Å². The molecule has 2 aromatic rings. The van der Waals surface area contributed by atoms with Gasteiger partial charge in [0.25, 0.3) is 0 Å². The molecule has 1 atom stereocenters. The lowest BCUT2D eigenvalue weighted by Gasteiger charge is -2.22. The van der Waals surface area contributed by atoms with Crippen molar-refractivity contribution in [3.8, 4) is 0 Å². The molecule has 2 aromatic carbocycles. The van der Waals surface area contributed by atoms with E-state index >= 15 is 0 Å². The Morgan fingerprint density at radius 1 is 1.00 bits per heavy atom. The lowest BCUT2D eigenvalue weighted by atomic mass is 9.99. The summed E-state index contributed by atoms with van der Waals surface area (Å²) in [6.45, 7) is 4.34. The monoisotopic (exact) mass is 301 g/mol. The molecule has 1 nitrogen and oxygen atoms in total. The molecule has 0 fully saturated rings. The summed E-state index contributed by atoms with van der Waals surface area (Å²) in [6, 6.07) is 17.0. The van der Waals surface area contributed by atoms with Crippen LogP contribution < -0.4 is 5.32 Å². The first kappa shape index (κ1) is 15.9. The largest absolute Gasteiger partial charge is 0.377 e. The summed E-state index contributed by atoms with van der Waals surface area (Å²) in [6.07, 6.45) is 4.87. The van der Waals surface area contributed by atoms with E-state index < -0.39 is 0 Å². The molecule has 0 bridgehead atoms. The molecule has 1 unspecified atom stereocenters. The van der Waals surface area contributed by atoms with E-state index in [9.17, 15) is 0 Å². The molecule has 2 rings (SSSR count). The third kappa shape index (κ3) is 4.50. The maximum atomic E-state index is 6.36. The number of anilines is 1. The van der Waals surface area contributed by atoms with Gasteiger partial charge in [-0.1, -0.05) is 80.3 Å². The van der Waals surface area contributed by atoms with Gasteiger partial charge in [-0.3, -0.25) is 0 Å². The first-order valence-electron chi connectivity index (χ1n) is 7.79. The summed E-state index contributed by atoms with van der Waals surface area (Å²) in [5.41, 5.74) is 3.58. The summed E-state index contributed by atoms with van der Waals surface area (Å²) in [5.74, 6) is 0. The van der Waals surface area contributed by atoms with Crippen molar-refractivity contribution in [2.45, 2.75) is 45.6 Å². The Balaban J connectivity index is 2.19. The van der Waals surface area contributed by atoms with E-state index in [1.165, 1.54) is 30.4 Å². The molecule has 0 aromatic heterocycles. The number of hydrogen-bond acceptors (Lipinski definition) is 1. The summed E-state index contributed by atoms with van der Waals surface area (Å²) < 4.78 is 0. The van der Waals surface area contributed by atoms with Crippen LogP contribution in [-0.4, -0.2) is 0 Å². The fourth-order valence-electron chi connectivity index (χ4n) is 2.59. The summed E-state index contributed by atoms with van der Waals surface area (Å²) in [5, 5.41) is 4.46. The fourth-order valence-corrected chi connectivity index (χ4v) is 2.87. The van der Waals surface area contributed by atoms with Crippen LogP contribution in [0.1, 0.15) is 49.8 Å². The van der Waals surface area contributed by atoms with Crippen molar-refractivity contribution in [1.82, 2.24) is 0 Å². The second kappa shape index (κ2) is 8.09. The lowest BCUT2D eigenvalue weighted by molar-refractivity contribution is 0.606. The number of unbranched alkanes of at least 4 members (excludes halogenated alkanes) is 2. The van der Waals surface area contributed by atoms with Gasteiger partial charge in [0, 0.05) is 0 Å². The molecular weight excluding hydrogens is 278 g/mol. The van der Waals surface area contributed by atoms with Crippen molar-refractivity contribution in [2.75, 3.05) is 5.32 Å². The molecular formula is C19H24ClN. The third-order valence-corrected chi connectivity index (χ3v) is 4.15. The van der Waals surface area contributed by atoms with E-state index in [0.717, 1.165) is 17.1 Å². The number of hydrogen-bond donors (Lipinski definition) is 1. The van der Waals surface area contributed by atoms with Crippen LogP contribution in [0.15, 0.2) is 48.5 Å². The van der Waals surface area contributed by atoms with Crippen LogP contribution in [-0.2, 0) is 0 Å². The van der Waals surface area contributed by atoms with E-state index in [-0.39, 0.29) is 0 Å². The highest BCUT2D eigenvalue weighted by atomic mass is 35.5. The minimum absolute atomic E-state index is 0.316. The van der Waals surface area contributed by atoms with Gasteiger partial charge in [0.15, 0.2) is 0 Å². The van der Waals surface area contributed by atoms with Crippen LogP contribution in [0.2, 0.25) is 5.02 Å². The van der Waals surface area contributed by atoms with E-state index in [1.807, 2.05) is 12.1 Å². The molecule has 0 aliphatic rings. The first-order valence-corrected chi connectivity index (χ1v) is 8.16. The Hall–Kier alpha value is -1.47. The zero-order chi connectivity index (χ0) is 15.1. The zero-order valence-electron chi connectivity index (χ0n) is 12.9. The van der Waals surface area contributed by atoms with E-state index in [1.54, 1.807) is 0 Å². The molecule has 0 aliphatic carbocycles. The van der Waals surface area contributed by atoms with Gasteiger partial charge < -0.3 is 5.32 Å². The Morgan fingerprint density at radius 3 is 2.43 bits per heavy atom. The molecule has 1 N–H and O–H groups in total. The normalized spacial score (nSPS) is 12.1. The summed E-state index contributed by atoms with van der Waals surface area (Å²) in [4.78, 5) is 0. The average Bonchev–Trinajstić information content (AvgIpc) is 2.50. The average molecular weight is 302 g/mol. The second-order valence-electron chi connectivity index (χ2n) is 5.54. The Bertz CT molecular complexity index is 530. The molecule has 0 heterocycles. The topological polar surface area (TPSA) is 12.0 Å². The van der Waals surface area contributed by atoms with E-state index in [4.69, 9.17) is 11.6 Å². The van der Waals surface area contributed by atoms with Gasteiger partial charge in [-0.25, -0.2) is 0 Å². The van der Waals surface area contributed by atoms with Crippen LogP contribution in [0.3, 0.4) is 0 Å². The van der Waals surface area contributed by atoms with Gasteiger partial charge in [-0.2, -0.15) is 0 Å². The summed E-state index contributed by atoms with van der Waals surface area (Å²) in [7, 11) is 0. The number of rotatable bonds is 7. The van der Waals surface area contributed by atoms with Crippen LogP contribution in [0, 0.1) is 6.92 Å². The summed E-state index contributed by atoms with van der Waals surface area (Å²) >= 11 is 6.36. The molecule has 21 heavy (non-hydrogen) atoms. The molecule has 0 aliphatic heterocycles. The van der Waals surface area contributed by atoms with Gasteiger partial charge in [0.1, 0.15) is 0 Å². The molecule has 0 saturated heterocycles. The Morgan fingerprint density at radius 2 is 1.76 bits per heavy atom. The molecule has 0 amide bonds. The number of para-hydroxylation sites is 1. The van der Waals surface area contributed by atoms with Gasteiger partial charge >= 0.3 is 0 Å². The number of benzene rings is 2. The van der Waals surface area contributed by atoms with Crippen molar-refractivity contribution >= 4 is 17.3 Å². The fraction of sp³-hybridized carbons (Fsp3) is 0.368. The standard InChI is InChI=1S/C19H24ClN/c1-3-4-6-14-18(16-11-7-5-8-12-16)21-19-15(2)10-9-13-17(19)20/h5,7-13,18,21H,3-4,6,14H2,1-2H3. The molecule has 0 spiro atoms. The van der Waals surface area contributed by atoms with Gasteiger partial charge in [-0.15, -0.1) is 0 Å². The van der Waals surface area contributed by atoms with Crippen LogP contribution in [0.4, 0.5) is 5.69 Å². The van der Waals surface area contributed by atoms with E-state index in [0.29, 0.717) is 6.04 Å². The molecule has 0 saturated carbocycles. The van der Waals surface area contributed by atoms with Crippen molar-refractivity contribution in [3.63, 3.8) is 0 Å². The predicted octanol–water partition coefficient (Wildman–Crippen LogP) is 6.38. The lowest BCUT2D eigenvalue weighted by Crippen LogP contribution is -2.12. The molecule has 112 valence electrons. The maximum Gasteiger partial charge on any atom is 0.0640 e. The highest BCUT2D eigenvalue weighted by Crippen LogP contribution is 2.31. The van der Waals surface area contributed by atoms with E-state index in [2.05, 4.69) is 55.6 Å². The Kier molecular flexibility index (Phi) is 6.13. The highest BCUT2D eigenvalue weighted by molar-refractivity contribution is 6.33. The minimum Gasteiger partial charge on any atom is -0.377 e. The number of aryl methyl sites for hydroxylation is 1. The van der Waals surface area contributed by atoms with Crippen molar-refractivity contribution in [3.05, 3.63) is 64.7 Å². The molecule has 2 heteroatoms. The molecule has 0 radical (unpaired) electrons. The quantitative estimate of drug-likeness (QED) is 0.585. The van der Waals surface area contributed by atoms with Crippen molar-refractivity contribution in [2.24, 2.45) is 0 Å². The Labute approximate surface area is 133 Å². The smallest absolute Gasteiger partial charge is 0.0640 e. The van der Waals surface area contributed by atoms with Crippen molar-refractivity contribution in [1.29, 1.82) is 0 Å². The highest BCUT2D eigenvalue weighted by Gasteiger charge is 2.13. The van der Waals surface area contributed by atoms with Gasteiger partial charge in [0.2, 0.25) is 0 Å². The van der Waals surface area contributed by atoms with Crippen LogP contribution >= 0.6 is 11.6 Å². The van der Waals surface area contributed by atoms with Crippen LogP contribution in [0.5, 0.6) is 0 Å². The second-order valence-corrected chi connectivity index (χ2v) is 5.94. The van der Waals surface area contributed by atoms with Gasteiger partial charge in [-0.05, 0) is 30.5 Å². The third-order valence-electron chi connectivity index (χ3n) is 3.84. The predicted molar refractivity (Wildman–Crippen MR) is 93.1 cm³/mol. The van der Waals surface area contributed by atoms with Crippen molar-refractivity contribution < 1.29 is 0 Å². The SMILES string of the molecule is CCCCCC(Nc1c(C)cccc1Cl)c1ccccc1. The maximum absolute atomic E-state index is 6.36. The minimum atomic E-state index is 0.316. The first-order chi connectivity index (χ1) is 10.2.